The maximum absolute atomic E-state index is 9.42. The second-order valence-corrected chi connectivity index (χ2v) is 3.31. The predicted octanol–water partition coefficient (Wildman–Crippen LogP) is -0.136. The molecule has 4 heteroatoms. The molecule has 2 atom stereocenters. The Morgan fingerprint density at radius 3 is 3.15 bits per heavy atom. The molecule has 1 saturated heterocycles. The molecule has 1 aliphatic rings. The van der Waals surface area contributed by atoms with Gasteiger partial charge in [0.25, 0.3) is 0 Å². The Morgan fingerprint density at radius 2 is 2.54 bits per heavy atom. The Labute approximate surface area is 76.9 Å². The van der Waals surface area contributed by atoms with E-state index in [2.05, 4.69) is 10.3 Å². The third kappa shape index (κ3) is 2.09. The number of hydrogen-bond acceptors (Lipinski definition) is 3. The zero-order chi connectivity index (χ0) is 9.10. The van der Waals surface area contributed by atoms with Gasteiger partial charge in [0.15, 0.2) is 0 Å². The summed E-state index contributed by atoms with van der Waals surface area (Å²) in [6.45, 7) is 1.82. The minimum absolute atomic E-state index is 0.0786. The van der Waals surface area contributed by atoms with Gasteiger partial charge in [-0.2, -0.15) is 0 Å². The summed E-state index contributed by atoms with van der Waals surface area (Å²) in [5, 5.41) is 12.7. The van der Waals surface area contributed by atoms with E-state index in [1.165, 1.54) is 5.56 Å². The zero-order valence-corrected chi connectivity index (χ0v) is 7.36. The van der Waals surface area contributed by atoms with Gasteiger partial charge in [-0.1, -0.05) is 0 Å². The van der Waals surface area contributed by atoms with Crippen LogP contribution in [0.2, 0.25) is 0 Å². The topological polar surface area (TPSA) is 57.3 Å². The van der Waals surface area contributed by atoms with Crippen molar-refractivity contribution < 1.29 is 9.84 Å². The Morgan fingerprint density at radius 1 is 1.62 bits per heavy atom. The maximum atomic E-state index is 9.42. The van der Waals surface area contributed by atoms with E-state index in [1.807, 2.05) is 18.5 Å². The Kier molecular flexibility index (Phi) is 2.63. The minimum Gasteiger partial charge on any atom is -0.389 e. The molecule has 1 aliphatic heterocycles. The molecule has 2 heterocycles. The first-order valence-corrected chi connectivity index (χ1v) is 4.47. The van der Waals surface area contributed by atoms with Crippen LogP contribution >= 0.6 is 0 Å². The Hall–Kier alpha value is -0.840. The minimum atomic E-state index is -0.362. The van der Waals surface area contributed by atoms with E-state index in [4.69, 9.17) is 4.74 Å². The van der Waals surface area contributed by atoms with Crippen molar-refractivity contribution in [2.75, 3.05) is 13.2 Å². The van der Waals surface area contributed by atoms with Gasteiger partial charge in [-0.15, -0.1) is 0 Å². The average Bonchev–Trinajstić information content (AvgIpc) is 2.72. The number of aliphatic hydroxyl groups excluding tert-OH is 1. The van der Waals surface area contributed by atoms with Crippen LogP contribution in [0.3, 0.4) is 0 Å². The normalized spacial score (nSPS) is 28.1. The number of aliphatic hydroxyl groups is 1. The molecule has 0 aliphatic carbocycles. The number of hydrogen-bond donors (Lipinski definition) is 3. The van der Waals surface area contributed by atoms with Crippen molar-refractivity contribution in [2.45, 2.75) is 18.7 Å². The molecule has 0 aromatic carbocycles. The molecule has 2 rings (SSSR count). The second-order valence-electron chi connectivity index (χ2n) is 3.31. The van der Waals surface area contributed by atoms with Gasteiger partial charge in [0.05, 0.1) is 25.4 Å². The highest BCUT2D eigenvalue weighted by molar-refractivity contribution is 5.08. The van der Waals surface area contributed by atoms with E-state index in [1.54, 1.807) is 0 Å². The highest BCUT2D eigenvalue weighted by Crippen LogP contribution is 2.06. The van der Waals surface area contributed by atoms with Crippen LogP contribution in [0.5, 0.6) is 0 Å². The summed E-state index contributed by atoms with van der Waals surface area (Å²) in [7, 11) is 0. The van der Waals surface area contributed by atoms with Gasteiger partial charge in [-0.25, -0.2) is 0 Å². The molecule has 0 amide bonds. The van der Waals surface area contributed by atoms with Gasteiger partial charge < -0.3 is 20.1 Å². The van der Waals surface area contributed by atoms with Crippen LogP contribution in [0.25, 0.3) is 0 Å². The predicted molar refractivity (Wildman–Crippen MR) is 48.2 cm³/mol. The monoisotopic (exact) mass is 182 g/mol. The summed E-state index contributed by atoms with van der Waals surface area (Å²) in [5.74, 6) is 0. The quantitative estimate of drug-likeness (QED) is 0.610. The third-order valence-electron chi connectivity index (χ3n) is 2.28. The average molecular weight is 182 g/mol. The smallest absolute Gasteiger partial charge is 0.0948 e. The van der Waals surface area contributed by atoms with E-state index < -0.39 is 0 Å². The van der Waals surface area contributed by atoms with Crippen molar-refractivity contribution >= 4 is 0 Å². The van der Waals surface area contributed by atoms with Gasteiger partial charge in [0.2, 0.25) is 0 Å². The van der Waals surface area contributed by atoms with Gasteiger partial charge in [-0.05, 0) is 11.6 Å². The zero-order valence-electron chi connectivity index (χ0n) is 7.36. The van der Waals surface area contributed by atoms with E-state index in [0.717, 1.165) is 6.54 Å². The largest absolute Gasteiger partial charge is 0.389 e. The van der Waals surface area contributed by atoms with Crippen molar-refractivity contribution in [3.8, 4) is 0 Å². The fourth-order valence-electron chi connectivity index (χ4n) is 1.46. The van der Waals surface area contributed by atoms with E-state index in [-0.39, 0.29) is 12.1 Å². The van der Waals surface area contributed by atoms with E-state index in [0.29, 0.717) is 13.2 Å². The van der Waals surface area contributed by atoms with Crippen LogP contribution in [-0.2, 0) is 11.3 Å². The van der Waals surface area contributed by atoms with Crippen LogP contribution in [-0.4, -0.2) is 35.5 Å². The third-order valence-corrected chi connectivity index (χ3v) is 2.28. The molecule has 0 saturated carbocycles. The van der Waals surface area contributed by atoms with E-state index in [9.17, 15) is 5.11 Å². The number of H-pyrrole nitrogens is 1. The molecule has 1 fully saturated rings. The summed E-state index contributed by atoms with van der Waals surface area (Å²) >= 11 is 0. The molecular formula is C9H14N2O2. The first kappa shape index (κ1) is 8.74. The molecule has 0 radical (unpaired) electrons. The molecule has 0 spiro atoms. The SMILES string of the molecule is O[C@@H]1COC[C@H]1NCc1cc[nH]c1. The maximum Gasteiger partial charge on any atom is 0.0948 e. The van der Waals surface area contributed by atoms with Crippen LogP contribution in [0.4, 0.5) is 0 Å². The summed E-state index contributed by atoms with van der Waals surface area (Å²) < 4.78 is 5.12. The number of aromatic amines is 1. The van der Waals surface area contributed by atoms with Crippen LogP contribution in [0.1, 0.15) is 5.56 Å². The Bertz CT molecular complexity index is 248. The van der Waals surface area contributed by atoms with Crippen LogP contribution in [0, 0.1) is 0 Å². The van der Waals surface area contributed by atoms with Gasteiger partial charge in [0.1, 0.15) is 0 Å². The molecule has 3 N–H and O–H groups in total. The van der Waals surface area contributed by atoms with Crippen molar-refractivity contribution in [3.63, 3.8) is 0 Å². The highest BCUT2D eigenvalue weighted by atomic mass is 16.5. The molecule has 0 unspecified atom stereocenters. The first-order chi connectivity index (χ1) is 6.36. The summed E-state index contributed by atoms with van der Waals surface area (Å²) in [6.07, 6.45) is 3.47. The fraction of sp³-hybridized carbons (Fsp3) is 0.556. The number of nitrogens with one attached hydrogen (secondary N) is 2. The standard InChI is InChI=1S/C9H14N2O2/c12-9-6-13-5-8(9)11-4-7-1-2-10-3-7/h1-3,8-12H,4-6H2/t8-,9-/m1/s1. The van der Waals surface area contributed by atoms with Gasteiger partial charge in [-0.3, -0.25) is 0 Å². The van der Waals surface area contributed by atoms with Crippen molar-refractivity contribution in [2.24, 2.45) is 0 Å². The van der Waals surface area contributed by atoms with Crippen molar-refractivity contribution in [1.82, 2.24) is 10.3 Å². The lowest BCUT2D eigenvalue weighted by Gasteiger charge is -2.13. The van der Waals surface area contributed by atoms with Crippen LogP contribution in [0.15, 0.2) is 18.5 Å². The lowest BCUT2D eigenvalue weighted by atomic mass is 10.2. The Balaban J connectivity index is 1.79. The van der Waals surface area contributed by atoms with Crippen molar-refractivity contribution in [3.05, 3.63) is 24.0 Å². The van der Waals surface area contributed by atoms with Crippen molar-refractivity contribution in [1.29, 1.82) is 0 Å². The second kappa shape index (κ2) is 3.91. The molecule has 1 aromatic rings. The summed E-state index contributed by atoms with van der Waals surface area (Å²) in [4.78, 5) is 2.98. The summed E-state index contributed by atoms with van der Waals surface area (Å²) in [6, 6.07) is 2.09. The molecule has 4 nitrogen and oxygen atoms in total. The lowest BCUT2D eigenvalue weighted by molar-refractivity contribution is 0.122. The highest BCUT2D eigenvalue weighted by Gasteiger charge is 2.25. The van der Waals surface area contributed by atoms with Gasteiger partial charge in [0, 0.05) is 18.9 Å². The number of rotatable bonds is 3. The number of aromatic nitrogens is 1. The fourth-order valence-corrected chi connectivity index (χ4v) is 1.46. The summed E-state index contributed by atoms with van der Waals surface area (Å²) in [5.41, 5.74) is 1.19. The molecule has 13 heavy (non-hydrogen) atoms. The number of ether oxygens (including phenoxy) is 1. The van der Waals surface area contributed by atoms with Crippen LogP contribution < -0.4 is 5.32 Å². The first-order valence-electron chi connectivity index (χ1n) is 4.47. The van der Waals surface area contributed by atoms with E-state index >= 15 is 0 Å². The molecule has 1 aromatic heterocycles. The van der Waals surface area contributed by atoms with Gasteiger partial charge >= 0.3 is 0 Å². The lowest BCUT2D eigenvalue weighted by Crippen LogP contribution is -2.38. The molecular weight excluding hydrogens is 168 g/mol. The molecule has 0 bridgehead atoms. The molecule has 72 valence electrons.